The number of hydrogen-bond donors (Lipinski definition) is 1. The molecule has 0 aliphatic rings. The van der Waals surface area contributed by atoms with Crippen molar-refractivity contribution in [3.8, 4) is 0 Å². The molecular weight excluding hydrogens is 256 g/mol. The van der Waals surface area contributed by atoms with Crippen molar-refractivity contribution in [2.75, 3.05) is 0 Å². The van der Waals surface area contributed by atoms with Crippen molar-refractivity contribution in [1.29, 1.82) is 0 Å². The quantitative estimate of drug-likeness (QED) is 0.905. The minimum atomic E-state index is -0.616. The second kappa shape index (κ2) is 6.26. The van der Waals surface area contributed by atoms with Gasteiger partial charge >= 0.3 is 0 Å². The van der Waals surface area contributed by atoms with Gasteiger partial charge in [-0.25, -0.2) is 0 Å². The Kier molecular flexibility index (Phi) is 4.66. The number of hydrogen-bond acceptors (Lipinski definition) is 4. The fourth-order valence-electron chi connectivity index (χ4n) is 2.15. The summed E-state index contributed by atoms with van der Waals surface area (Å²) >= 11 is 1.29. The second-order valence-corrected chi connectivity index (χ2v) is 5.86. The summed E-state index contributed by atoms with van der Waals surface area (Å²) in [5.41, 5.74) is 3.10. The number of aliphatic hydroxyl groups excluding tert-OH is 1. The fourth-order valence-corrected chi connectivity index (χ4v) is 2.98. The van der Waals surface area contributed by atoms with Crippen LogP contribution >= 0.6 is 11.5 Å². The number of nitrogens with zero attached hydrogens (tertiary/aromatic N) is 2. The van der Waals surface area contributed by atoms with Crippen molar-refractivity contribution in [3.05, 3.63) is 46.0 Å². The Morgan fingerprint density at radius 2 is 2.11 bits per heavy atom. The predicted molar refractivity (Wildman–Crippen MR) is 78.5 cm³/mol. The highest BCUT2D eigenvalue weighted by Gasteiger charge is 2.20. The van der Waals surface area contributed by atoms with E-state index < -0.39 is 6.10 Å². The van der Waals surface area contributed by atoms with Crippen molar-refractivity contribution in [3.63, 3.8) is 0 Å². The minimum Gasteiger partial charge on any atom is -0.383 e. The molecule has 1 heterocycles. The average Bonchev–Trinajstić information content (AvgIpc) is 2.88. The molecule has 0 saturated heterocycles. The van der Waals surface area contributed by atoms with Crippen LogP contribution in [0.3, 0.4) is 0 Å². The molecule has 102 valence electrons. The third-order valence-corrected chi connectivity index (χ3v) is 3.93. The maximum Gasteiger partial charge on any atom is 0.117 e. The lowest BCUT2D eigenvalue weighted by Crippen LogP contribution is -2.03. The van der Waals surface area contributed by atoms with Crippen molar-refractivity contribution in [2.24, 2.45) is 0 Å². The number of aliphatic hydroxyl groups is 1. The molecule has 2 rings (SSSR count). The number of benzene rings is 1. The van der Waals surface area contributed by atoms with E-state index in [1.807, 2.05) is 12.1 Å². The van der Waals surface area contributed by atoms with E-state index in [1.54, 1.807) is 0 Å². The highest BCUT2D eigenvalue weighted by molar-refractivity contribution is 7.05. The molecule has 0 fully saturated rings. The molecule has 0 aliphatic carbocycles. The Balaban J connectivity index is 2.30. The van der Waals surface area contributed by atoms with Crippen LogP contribution in [0, 0.1) is 0 Å². The van der Waals surface area contributed by atoms with Gasteiger partial charge in [-0.3, -0.25) is 0 Å². The smallest absolute Gasteiger partial charge is 0.117 e. The van der Waals surface area contributed by atoms with Crippen LogP contribution in [0.25, 0.3) is 0 Å². The van der Waals surface area contributed by atoms with Crippen LogP contribution in [0.15, 0.2) is 24.3 Å². The highest BCUT2D eigenvalue weighted by Crippen LogP contribution is 2.31. The number of aromatic nitrogens is 2. The third-order valence-electron chi connectivity index (χ3n) is 3.14. The molecule has 0 saturated carbocycles. The molecule has 1 atom stereocenters. The van der Waals surface area contributed by atoms with Gasteiger partial charge in [0.05, 0.1) is 10.6 Å². The molecule has 4 heteroatoms. The van der Waals surface area contributed by atoms with E-state index >= 15 is 0 Å². The predicted octanol–water partition coefficient (Wildman–Crippen LogP) is 3.70. The average molecular weight is 276 g/mol. The lowest BCUT2D eigenvalue weighted by atomic mass is 9.99. The Morgan fingerprint density at radius 1 is 1.32 bits per heavy atom. The molecular formula is C15H20N2OS. The zero-order valence-corrected chi connectivity index (χ0v) is 12.4. The van der Waals surface area contributed by atoms with Crippen LogP contribution in [-0.2, 0) is 6.42 Å². The fraction of sp³-hybridized carbons (Fsp3) is 0.467. The van der Waals surface area contributed by atoms with E-state index in [9.17, 15) is 5.11 Å². The Bertz CT molecular complexity index is 536. The first-order valence-electron chi connectivity index (χ1n) is 6.72. The molecule has 0 aliphatic heterocycles. The zero-order chi connectivity index (χ0) is 13.8. The molecule has 19 heavy (non-hydrogen) atoms. The molecule has 2 aromatic rings. The van der Waals surface area contributed by atoms with Crippen LogP contribution in [0.5, 0.6) is 0 Å². The van der Waals surface area contributed by atoms with Gasteiger partial charge in [-0.2, -0.15) is 0 Å². The standard InChI is InChI=1S/C15H20N2OS/c1-4-6-11-7-5-8-12(9-11)14(18)15-13(10(2)3)16-17-19-15/h5,7-10,14,18H,4,6H2,1-3H3. The monoisotopic (exact) mass is 276 g/mol. The SMILES string of the molecule is CCCc1cccc(C(O)c2snnc2C(C)C)c1. The minimum absolute atomic E-state index is 0.280. The van der Waals surface area contributed by atoms with E-state index in [0.29, 0.717) is 0 Å². The molecule has 1 aromatic heterocycles. The van der Waals surface area contributed by atoms with Crippen molar-refractivity contribution in [1.82, 2.24) is 9.59 Å². The van der Waals surface area contributed by atoms with Gasteiger partial charge in [-0.05, 0) is 35.0 Å². The van der Waals surface area contributed by atoms with Crippen molar-refractivity contribution < 1.29 is 5.11 Å². The second-order valence-electron chi connectivity index (χ2n) is 5.07. The van der Waals surface area contributed by atoms with Gasteiger partial charge in [-0.1, -0.05) is 55.9 Å². The summed E-state index contributed by atoms with van der Waals surface area (Å²) in [4.78, 5) is 0.864. The topological polar surface area (TPSA) is 46.0 Å². The summed E-state index contributed by atoms with van der Waals surface area (Å²) < 4.78 is 3.98. The molecule has 1 unspecified atom stereocenters. The first-order valence-corrected chi connectivity index (χ1v) is 7.49. The summed E-state index contributed by atoms with van der Waals surface area (Å²) in [6.07, 6.45) is 1.53. The molecule has 3 nitrogen and oxygen atoms in total. The van der Waals surface area contributed by atoms with Gasteiger partial charge in [0.25, 0.3) is 0 Å². The zero-order valence-electron chi connectivity index (χ0n) is 11.6. The molecule has 1 N–H and O–H groups in total. The van der Waals surface area contributed by atoms with E-state index in [4.69, 9.17) is 0 Å². The number of rotatable bonds is 5. The van der Waals surface area contributed by atoms with E-state index in [1.165, 1.54) is 17.1 Å². The Hall–Kier alpha value is -1.26. The van der Waals surface area contributed by atoms with Crippen molar-refractivity contribution in [2.45, 2.75) is 45.6 Å². The van der Waals surface area contributed by atoms with Crippen molar-refractivity contribution >= 4 is 11.5 Å². The van der Waals surface area contributed by atoms with Gasteiger partial charge in [0.2, 0.25) is 0 Å². The Labute approximate surface area is 118 Å². The first-order chi connectivity index (χ1) is 9.13. The summed E-state index contributed by atoms with van der Waals surface area (Å²) in [5, 5.41) is 14.7. The lowest BCUT2D eigenvalue weighted by Gasteiger charge is -2.12. The molecule has 1 aromatic carbocycles. The molecule has 0 spiro atoms. The maximum atomic E-state index is 10.5. The van der Waals surface area contributed by atoms with Crippen LogP contribution in [0.2, 0.25) is 0 Å². The van der Waals surface area contributed by atoms with Crippen LogP contribution in [0.1, 0.15) is 60.9 Å². The largest absolute Gasteiger partial charge is 0.383 e. The highest BCUT2D eigenvalue weighted by atomic mass is 32.1. The Morgan fingerprint density at radius 3 is 2.79 bits per heavy atom. The van der Waals surface area contributed by atoms with E-state index in [-0.39, 0.29) is 5.92 Å². The van der Waals surface area contributed by atoms with Crippen LogP contribution in [-0.4, -0.2) is 14.7 Å². The summed E-state index contributed by atoms with van der Waals surface area (Å²) in [6.45, 7) is 6.30. The summed E-state index contributed by atoms with van der Waals surface area (Å²) in [7, 11) is 0. The third kappa shape index (κ3) is 3.19. The van der Waals surface area contributed by atoms with Gasteiger partial charge in [0.15, 0.2) is 0 Å². The molecule has 0 bridgehead atoms. The summed E-state index contributed by atoms with van der Waals surface area (Å²) in [6, 6.07) is 8.16. The lowest BCUT2D eigenvalue weighted by molar-refractivity contribution is 0.222. The van der Waals surface area contributed by atoms with Crippen LogP contribution in [0.4, 0.5) is 0 Å². The number of aryl methyl sites for hydroxylation is 1. The van der Waals surface area contributed by atoms with Gasteiger partial charge in [0.1, 0.15) is 6.10 Å². The maximum absolute atomic E-state index is 10.5. The van der Waals surface area contributed by atoms with Gasteiger partial charge in [-0.15, -0.1) is 5.10 Å². The van der Waals surface area contributed by atoms with Gasteiger partial charge in [0, 0.05) is 0 Å². The first kappa shape index (κ1) is 14.2. The normalized spacial score (nSPS) is 12.9. The van der Waals surface area contributed by atoms with Crippen LogP contribution < -0.4 is 0 Å². The van der Waals surface area contributed by atoms with E-state index in [2.05, 4.69) is 42.5 Å². The molecule has 0 amide bonds. The van der Waals surface area contributed by atoms with E-state index in [0.717, 1.165) is 29.0 Å². The van der Waals surface area contributed by atoms with Gasteiger partial charge < -0.3 is 5.11 Å². The summed E-state index contributed by atoms with van der Waals surface area (Å²) in [5.74, 6) is 0.280. The molecule has 0 radical (unpaired) electrons.